The number of hydrogen-bond donors (Lipinski definition) is 2. The summed E-state index contributed by atoms with van der Waals surface area (Å²) in [6.07, 6.45) is 4.17. The molecule has 1 unspecified atom stereocenters. The fourth-order valence-corrected chi connectivity index (χ4v) is 3.93. The molecule has 0 amide bonds. The molecule has 0 aliphatic heterocycles. The van der Waals surface area contributed by atoms with Crippen molar-refractivity contribution in [2.75, 3.05) is 26.3 Å². The Kier molecular flexibility index (Phi) is 8.34. The van der Waals surface area contributed by atoms with Crippen LogP contribution < -0.4 is 5.56 Å². The number of aryl methyl sites for hydroxylation is 1. The van der Waals surface area contributed by atoms with Crippen LogP contribution in [-0.4, -0.2) is 64.5 Å². The number of hydrogen-bond acceptors (Lipinski definition) is 8. The molecule has 8 nitrogen and oxygen atoms in total. The predicted molar refractivity (Wildman–Crippen MR) is 112 cm³/mol. The standard InChI is InChI=1S/C20H27N3O5S/c1-6-8-27-11-14(24)9-23(7-2)10-15-21-18(25)16-13(5)17(29-19(16)22-15)20(26)28-12(3)4/h1,12,14,24H,7-11H2,2-5H3,(H,21,22,25). The van der Waals surface area contributed by atoms with Crippen molar-refractivity contribution < 1.29 is 19.4 Å². The van der Waals surface area contributed by atoms with E-state index in [0.29, 0.717) is 46.1 Å². The first kappa shape index (κ1) is 23.0. The predicted octanol–water partition coefficient (Wildman–Crippen LogP) is 1.69. The van der Waals surface area contributed by atoms with E-state index in [4.69, 9.17) is 15.9 Å². The number of aliphatic hydroxyl groups is 1. The third-order valence-electron chi connectivity index (χ3n) is 4.16. The van der Waals surface area contributed by atoms with Crippen LogP contribution in [0.3, 0.4) is 0 Å². The summed E-state index contributed by atoms with van der Waals surface area (Å²) >= 11 is 1.15. The van der Waals surface area contributed by atoms with E-state index in [2.05, 4.69) is 15.9 Å². The van der Waals surface area contributed by atoms with Crippen LogP contribution in [0.25, 0.3) is 10.2 Å². The van der Waals surface area contributed by atoms with Crippen molar-refractivity contribution in [1.82, 2.24) is 14.9 Å². The number of aromatic amines is 1. The van der Waals surface area contributed by atoms with Crippen LogP contribution >= 0.6 is 11.3 Å². The molecule has 2 aromatic rings. The number of ether oxygens (including phenoxy) is 2. The third kappa shape index (κ3) is 6.11. The Balaban J connectivity index is 2.20. The molecular weight excluding hydrogens is 394 g/mol. The largest absolute Gasteiger partial charge is 0.459 e. The number of terminal acetylenes is 1. The van der Waals surface area contributed by atoms with E-state index < -0.39 is 12.1 Å². The molecule has 0 saturated carbocycles. The van der Waals surface area contributed by atoms with Crippen molar-refractivity contribution in [3.05, 3.63) is 26.6 Å². The van der Waals surface area contributed by atoms with Gasteiger partial charge >= 0.3 is 5.97 Å². The van der Waals surface area contributed by atoms with Gasteiger partial charge in [0.2, 0.25) is 0 Å². The molecule has 9 heteroatoms. The average Bonchev–Trinajstić information content (AvgIpc) is 2.98. The monoisotopic (exact) mass is 421 g/mol. The second-order valence-corrected chi connectivity index (χ2v) is 7.90. The highest BCUT2D eigenvalue weighted by Crippen LogP contribution is 2.28. The van der Waals surface area contributed by atoms with Crippen LogP contribution in [0.5, 0.6) is 0 Å². The minimum absolute atomic E-state index is 0.134. The van der Waals surface area contributed by atoms with Crippen molar-refractivity contribution in [2.24, 2.45) is 0 Å². The van der Waals surface area contributed by atoms with Crippen LogP contribution in [0.15, 0.2) is 4.79 Å². The van der Waals surface area contributed by atoms with E-state index in [0.717, 1.165) is 11.3 Å². The van der Waals surface area contributed by atoms with Crippen molar-refractivity contribution in [1.29, 1.82) is 0 Å². The number of likely N-dealkylation sites (N-methyl/N-ethyl adjacent to an activating group) is 1. The van der Waals surface area contributed by atoms with Gasteiger partial charge in [-0.15, -0.1) is 17.8 Å². The van der Waals surface area contributed by atoms with Crippen LogP contribution in [0, 0.1) is 19.3 Å². The van der Waals surface area contributed by atoms with E-state index in [-0.39, 0.29) is 24.9 Å². The number of carbonyl (C=O) groups excluding carboxylic acids is 1. The Bertz CT molecular complexity index is 944. The minimum Gasteiger partial charge on any atom is -0.459 e. The summed E-state index contributed by atoms with van der Waals surface area (Å²) in [4.78, 5) is 35.0. The van der Waals surface area contributed by atoms with Gasteiger partial charge < -0.3 is 19.6 Å². The molecule has 2 heterocycles. The summed E-state index contributed by atoms with van der Waals surface area (Å²) < 4.78 is 10.4. The van der Waals surface area contributed by atoms with Crippen molar-refractivity contribution in [2.45, 2.75) is 46.4 Å². The second kappa shape index (κ2) is 10.5. The van der Waals surface area contributed by atoms with Crippen LogP contribution in [0.1, 0.15) is 41.8 Å². The number of aliphatic hydroxyl groups excluding tert-OH is 1. The SMILES string of the molecule is C#CCOCC(O)CN(CC)Cc1nc2sc(C(=O)OC(C)C)c(C)c2c(=O)[nH]1. The zero-order chi connectivity index (χ0) is 21.6. The molecule has 1 atom stereocenters. The highest BCUT2D eigenvalue weighted by atomic mass is 32.1. The fraction of sp³-hybridized carbons (Fsp3) is 0.550. The average molecular weight is 422 g/mol. The van der Waals surface area contributed by atoms with Gasteiger partial charge in [0.1, 0.15) is 22.1 Å². The number of H-pyrrole nitrogens is 1. The lowest BCUT2D eigenvalue weighted by atomic mass is 10.2. The molecule has 0 saturated heterocycles. The zero-order valence-electron chi connectivity index (χ0n) is 17.2. The quantitative estimate of drug-likeness (QED) is 0.342. The van der Waals surface area contributed by atoms with Crippen molar-refractivity contribution in [3.63, 3.8) is 0 Å². The van der Waals surface area contributed by atoms with Gasteiger partial charge in [-0.2, -0.15) is 0 Å². The topological polar surface area (TPSA) is 105 Å². The number of carbonyl (C=O) groups is 1. The summed E-state index contributed by atoms with van der Waals surface area (Å²) in [5, 5.41) is 10.5. The lowest BCUT2D eigenvalue weighted by Gasteiger charge is -2.22. The molecule has 0 aliphatic rings. The smallest absolute Gasteiger partial charge is 0.348 e. The van der Waals surface area contributed by atoms with Gasteiger partial charge in [-0.25, -0.2) is 9.78 Å². The molecule has 0 radical (unpaired) electrons. The third-order valence-corrected chi connectivity index (χ3v) is 5.33. The molecule has 0 spiro atoms. The van der Waals surface area contributed by atoms with Crippen LogP contribution in [-0.2, 0) is 16.0 Å². The Hall–Kier alpha value is -2.25. The van der Waals surface area contributed by atoms with Crippen LogP contribution in [0.4, 0.5) is 0 Å². The van der Waals surface area contributed by atoms with Gasteiger partial charge in [0.05, 0.1) is 30.7 Å². The maximum Gasteiger partial charge on any atom is 0.348 e. The van der Waals surface area contributed by atoms with E-state index >= 15 is 0 Å². The Morgan fingerprint density at radius 2 is 2.17 bits per heavy atom. The van der Waals surface area contributed by atoms with E-state index in [1.165, 1.54) is 0 Å². The van der Waals surface area contributed by atoms with Crippen molar-refractivity contribution in [3.8, 4) is 12.3 Å². The Morgan fingerprint density at radius 3 is 2.79 bits per heavy atom. The molecular formula is C20H27N3O5S. The molecule has 2 rings (SSSR count). The zero-order valence-corrected chi connectivity index (χ0v) is 18.0. The maximum absolute atomic E-state index is 12.6. The molecule has 158 valence electrons. The number of fused-ring (bicyclic) bond motifs is 1. The van der Waals surface area contributed by atoms with Gasteiger partial charge in [0.15, 0.2) is 0 Å². The summed E-state index contributed by atoms with van der Waals surface area (Å²) in [5.41, 5.74) is 0.278. The Labute approximate surface area is 173 Å². The minimum atomic E-state index is -0.708. The molecule has 0 fully saturated rings. The van der Waals surface area contributed by atoms with Gasteiger partial charge in [0.25, 0.3) is 5.56 Å². The molecule has 2 aromatic heterocycles. The molecule has 0 bridgehead atoms. The van der Waals surface area contributed by atoms with Gasteiger partial charge in [-0.1, -0.05) is 12.8 Å². The highest BCUT2D eigenvalue weighted by Gasteiger charge is 2.21. The highest BCUT2D eigenvalue weighted by molar-refractivity contribution is 7.20. The van der Waals surface area contributed by atoms with Gasteiger partial charge in [0, 0.05) is 6.54 Å². The molecule has 29 heavy (non-hydrogen) atoms. The molecule has 2 N–H and O–H groups in total. The number of esters is 1. The van der Waals surface area contributed by atoms with E-state index in [1.54, 1.807) is 20.8 Å². The molecule has 0 aliphatic carbocycles. The number of nitrogens with one attached hydrogen (secondary N) is 1. The van der Waals surface area contributed by atoms with E-state index in [1.807, 2.05) is 11.8 Å². The lowest BCUT2D eigenvalue weighted by Crippen LogP contribution is -2.35. The maximum atomic E-state index is 12.6. The fourth-order valence-electron chi connectivity index (χ4n) is 2.85. The van der Waals surface area contributed by atoms with Gasteiger partial charge in [-0.05, 0) is 32.9 Å². The summed E-state index contributed by atoms with van der Waals surface area (Å²) in [5.74, 6) is 2.36. The number of nitrogens with zero attached hydrogens (tertiary/aromatic N) is 2. The lowest BCUT2D eigenvalue weighted by molar-refractivity contribution is 0.0267. The second-order valence-electron chi connectivity index (χ2n) is 6.90. The number of rotatable bonds is 10. The number of aromatic nitrogens is 2. The number of thiophene rings is 1. The van der Waals surface area contributed by atoms with Crippen LogP contribution in [0.2, 0.25) is 0 Å². The Morgan fingerprint density at radius 1 is 1.45 bits per heavy atom. The summed E-state index contributed by atoms with van der Waals surface area (Å²) in [6.45, 7) is 8.82. The summed E-state index contributed by atoms with van der Waals surface area (Å²) in [7, 11) is 0. The van der Waals surface area contributed by atoms with Gasteiger partial charge in [-0.3, -0.25) is 9.69 Å². The first-order chi connectivity index (χ1) is 13.8. The first-order valence-electron chi connectivity index (χ1n) is 9.41. The van der Waals surface area contributed by atoms with Crippen molar-refractivity contribution >= 4 is 27.5 Å². The van der Waals surface area contributed by atoms with E-state index in [9.17, 15) is 14.7 Å². The molecule has 0 aromatic carbocycles. The summed E-state index contributed by atoms with van der Waals surface area (Å²) in [6, 6.07) is 0. The first-order valence-corrected chi connectivity index (χ1v) is 10.2. The normalized spacial score (nSPS) is 12.5.